The molecule has 0 fully saturated rings. The third kappa shape index (κ3) is 5.62. The minimum atomic E-state index is 0.710. The number of aromatic nitrogens is 2. The van der Waals surface area contributed by atoms with Crippen LogP contribution in [0, 0.1) is 0 Å². The summed E-state index contributed by atoms with van der Waals surface area (Å²) in [6.45, 7) is 0. The predicted molar refractivity (Wildman–Crippen MR) is 227 cm³/mol. The number of para-hydroxylation sites is 1. The van der Waals surface area contributed by atoms with Crippen LogP contribution in [0.1, 0.15) is 0 Å². The van der Waals surface area contributed by atoms with Crippen molar-refractivity contribution in [1.82, 2.24) is 9.97 Å². The highest BCUT2D eigenvalue weighted by Crippen LogP contribution is 2.45. The minimum absolute atomic E-state index is 0.710. The van der Waals surface area contributed by atoms with Gasteiger partial charge in [0.15, 0.2) is 5.82 Å². The molecule has 54 heavy (non-hydrogen) atoms. The van der Waals surface area contributed by atoms with E-state index in [1.165, 1.54) is 66.1 Å². The van der Waals surface area contributed by atoms with Gasteiger partial charge in [0.25, 0.3) is 0 Å². The van der Waals surface area contributed by atoms with Crippen LogP contribution in [0.5, 0.6) is 0 Å². The van der Waals surface area contributed by atoms with Crippen LogP contribution in [0.2, 0.25) is 0 Å². The largest absolute Gasteiger partial charge is 0.228 e. The van der Waals surface area contributed by atoms with E-state index in [2.05, 4.69) is 194 Å². The van der Waals surface area contributed by atoms with Crippen molar-refractivity contribution >= 4 is 32.4 Å². The fraction of sp³-hybridized carbons (Fsp3) is 0. The molecular weight excluding hydrogens is 653 g/mol. The summed E-state index contributed by atoms with van der Waals surface area (Å²) in [5, 5.41) is 5.83. The van der Waals surface area contributed by atoms with E-state index in [1.54, 1.807) is 0 Å². The molecule has 0 aliphatic rings. The van der Waals surface area contributed by atoms with E-state index in [1.807, 2.05) is 12.1 Å². The van der Waals surface area contributed by atoms with E-state index in [9.17, 15) is 0 Å². The molecule has 2 heteroatoms. The fourth-order valence-corrected chi connectivity index (χ4v) is 7.88. The van der Waals surface area contributed by atoms with Crippen molar-refractivity contribution in [1.29, 1.82) is 0 Å². The molecule has 0 N–H and O–H groups in total. The van der Waals surface area contributed by atoms with E-state index >= 15 is 0 Å². The van der Waals surface area contributed by atoms with Gasteiger partial charge in [-0.15, -0.1) is 0 Å². The quantitative estimate of drug-likeness (QED) is 0.163. The summed E-state index contributed by atoms with van der Waals surface area (Å²) < 4.78 is 0. The van der Waals surface area contributed by atoms with Gasteiger partial charge in [-0.25, -0.2) is 9.97 Å². The summed E-state index contributed by atoms with van der Waals surface area (Å²) in [5.41, 5.74) is 13.5. The lowest BCUT2D eigenvalue weighted by Crippen LogP contribution is -1.96. The van der Waals surface area contributed by atoms with Crippen molar-refractivity contribution in [3.8, 4) is 67.2 Å². The van der Waals surface area contributed by atoms with Crippen molar-refractivity contribution in [3.05, 3.63) is 206 Å². The van der Waals surface area contributed by atoms with Crippen molar-refractivity contribution in [2.45, 2.75) is 0 Å². The number of hydrogen-bond acceptors (Lipinski definition) is 2. The first-order chi connectivity index (χ1) is 26.8. The zero-order valence-corrected chi connectivity index (χ0v) is 29.5. The third-order valence-corrected chi connectivity index (χ3v) is 10.5. The summed E-state index contributed by atoms with van der Waals surface area (Å²) in [6, 6.07) is 73.5. The molecule has 0 spiro atoms. The molecule has 9 aromatic carbocycles. The second-order valence-electron chi connectivity index (χ2n) is 13.7. The molecule has 10 rings (SSSR count). The van der Waals surface area contributed by atoms with Crippen LogP contribution < -0.4 is 0 Å². The van der Waals surface area contributed by atoms with Crippen LogP contribution in [0.4, 0.5) is 0 Å². The third-order valence-electron chi connectivity index (χ3n) is 10.5. The van der Waals surface area contributed by atoms with Gasteiger partial charge in [-0.05, 0) is 78.2 Å². The maximum atomic E-state index is 5.27. The molecule has 0 saturated heterocycles. The second kappa shape index (κ2) is 13.4. The molecule has 252 valence electrons. The Morgan fingerprint density at radius 3 is 1.19 bits per heavy atom. The molecule has 1 heterocycles. The molecule has 0 aliphatic heterocycles. The van der Waals surface area contributed by atoms with Gasteiger partial charge >= 0.3 is 0 Å². The number of fused-ring (bicyclic) bond motifs is 3. The lowest BCUT2D eigenvalue weighted by Gasteiger charge is -2.19. The average molecular weight is 687 g/mol. The number of benzene rings is 9. The van der Waals surface area contributed by atoms with E-state index in [0.717, 1.165) is 27.7 Å². The van der Waals surface area contributed by atoms with Gasteiger partial charge in [0.2, 0.25) is 0 Å². The SMILES string of the molecule is c1ccc(-c2ccc(-c3c4ccccc4c(-c4ccc(-c5ccccc5)cc4)c4cc(-c5nc(-c6ccccc6)c6ccccc6n5)ccc34)cc2)cc1. The van der Waals surface area contributed by atoms with Crippen molar-refractivity contribution in [3.63, 3.8) is 0 Å². The summed E-state index contributed by atoms with van der Waals surface area (Å²) in [7, 11) is 0. The Bertz CT molecular complexity index is 2940. The van der Waals surface area contributed by atoms with Gasteiger partial charge in [-0.1, -0.05) is 194 Å². The molecule has 10 aromatic rings. The lowest BCUT2D eigenvalue weighted by molar-refractivity contribution is 1.23. The van der Waals surface area contributed by atoms with Crippen LogP contribution in [0.25, 0.3) is 99.6 Å². The van der Waals surface area contributed by atoms with E-state index in [4.69, 9.17) is 9.97 Å². The Balaban J connectivity index is 1.23. The van der Waals surface area contributed by atoms with Gasteiger partial charge in [-0.3, -0.25) is 0 Å². The monoisotopic (exact) mass is 686 g/mol. The van der Waals surface area contributed by atoms with Crippen LogP contribution >= 0.6 is 0 Å². The molecule has 0 bridgehead atoms. The maximum Gasteiger partial charge on any atom is 0.160 e. The summed E-state index contributed by atoms with van der Waals surface area (Å²) in [5.74, 6) is 0.710. The molecular formula is C52H34N2. The van der Waals surface area contributed by atoms with Crippen molar-refractivity contribution < 1.29 is 0 Å². The van der Waals surface area contributed by atoms with Crippen LogP contribution in [0.3, 0.4) is 0 Å². The standard InChI is InChI=1S/C52H34N2/c1-4-14-35(15-5-1)37-24-28-39(29-25-37)49-43-20-10-11-21-44(43)50(40-30-26-38(27-31-40)36-16-6-2-7-17-36)47-34-42(32-33-45(47)49)52-53-48-23-13-12-22-46(48)51(54-52)41-18-8-3-9-19-41/h1-34H. The van der Waals surface area contributed by atoms with E-state index < -0.39 is 0 Å². The highest BCUT2D eigenvalue weighted by molar-refractivity contribution is 6.22. The number of rotatable bonds is 6. The topological polar surface area (TPSA) is 25.8 Å². The highest BCUT2D eigenvalue weighted by atomic mass is 14.9. The normalized spacial score (nSPS) is 11.3. The zero-order chi connectivity index (χ0) is 35.8. The Kier molecular flexibility index (Phi) is 7.85. The van der Waals surface area contributed by atoms with Gasteiger partial charge in [0.1, 0.15) is 0 Å². The van der Waals surface area contributed by atoms with Gasteiger partial charge in [0.05, 0.1) is 11.2 Å². The fourth-order valence-electron chi connectivity index (χ4n) is 7.88. The maximum absolute atomic E-state index is 5.27. The molecule has 1 aromatic heterocycles. The van der Waals surface area contributed by atoms with Crippen molar-refractivity contribution in [2.75, 3.05) is 0 Å². The van der Waals surface area contributed by atoms with Gasteiger partial charge < -0.3 is 0 Å². The lowest BCUT2D eigenvalue weighted by atomic mass is 9.84. The van der Waals surface area contributed by atoms with Gasteiger partial charge in [-0.2, -0.15) is 0 Å². The Morgan fingerprint density at radius 1 is 0.241 bits per heavy atom. The molecule has 0 amide bonds. The molecule has 0 saturated carbocycles. The van der Waals surface area contributed by atoms with E-state index in [-0.39, 0.29) is 0 Å². The summed E-state index contributed by atoms with van der Waals surface area (Å²) >= 11 is 0. The molecule has 0 aliphatic carbocycles. The summed E-state index contributed by atoms with van der Waals surface area (Å²) in [6.07, 6.45) is 0. The predicted octanol–water partition coefficient (Wildman–Crippen LogP) is 13.9. The minimum Gasteiger partial charge on any atom is -0.228 e. The Hall–Kier alpha value is -7.16. The first-order valence-electron chi connectivity index (χ1n) is 18.4. The average Bonchev–Trinajstić information content (AvgIpc) is 3.26. The Labute approximate surface area is 314 Å². The van der Waals surface area contributed by atoms with Crippen molar-refractivity contribution in [2.24, 2.45) is 0 Å². The van der Waals surface area contributed by atoms with Crippen LogP contribution in [-0.2, 0) is 0 Å². The highest BCUT2D eigenvalue weighted by Gasteiger charge is 2.19. The van der Waals surface area contributed by atoms with Gasteiger partial charge in [0, 0.05) is 16.5 Å². The summed E-state index contributed by atoms with van der Waals surface area (Å²) in [4.78, 5) is 10.4. The Morgan fingerprint density at radius 2 is 0.630 bits per heavy atom. The smallest absolute Gasteiger partial charge is 0.160 e. The van der Waals surface area contributed by atoms with Crippen LogP contribution in [-0.4, -0.2) is 9.97 Å². The second-order valence-corrected chi connectivity index (χ2v) is 13.7. The van der Waals surface area contributed by atoms with E-state index in [0.29, 0.717) is 5.82 Å². The van der Waals surface area contributed by atoms with Crippen LogP contribution in [0.15, 0.2) is 206 Å². The first kappa shape index (κ1) is 31.6. The number of nitrogens with zero attached hydrogens (tertiary/aromatic N) is 2. The zero-order valence-electron chi connectivity index (χ0n) is 29.5. The molecule has 0 atom stereocenters. The molecule has 0 radical (unpaired) electrons. The molecule has 0 unspecified atom stereocenters. The first-order valence-corrected chi connectivity index (χ1v) is 18.4. The molecule has 2 nitrogen and oxygen atoms in total. The number of hydrogen-bond donors (Lipinski definition) is 0.